The smallest absolute Gasteiger partial charge is 0.340 e. The van der Waals surface area contributed by atoms with Crippen LogP contribution in [0.15, 0.2) is 22.7 Å². The van der Waals surface area contributed by atoms with Crippen LogP contribution < -0.4 is 4.74 Å². The molecule has 0 aliphatic carbocycles. The lowest BCUT2D eigenvalue weighted by Crippen LogP contribution is -1.96. The van der Waals surface area contributed by atoms with Gasteiger partial charge in [-0.1, -0.05) is 5.10 Å². The van der Waals surface area contributed by atoms with Crippen LogP contribution in [0.2, 0.25) is 0 Å². The number of tetrazole rings is 1. The maximum Gasteiger partial charge on any atom is 0.340 e. The molecule has 0 N–H and O–H groups in total. The highest BCUT2D eigenvalue weighted by Gasteiger charge is 2.06. The highest BCUT2D eigenvalue weighted by molar-refractivity contribution is 9.10. The second-order valence-corrected chi connectivity index (χ2v) is 3.62. The molecule has 7 heteroatoms. The summed E-state index contributed by atoms with van der Waals surface area (Å²) >= 11 is 3.05. The van der Waals surface area contributed by atoms with Crippen molar-refractivity contribution in [3.63, 3.8) is 0 Å². The van der Waals surface area contributed by atoms with Crippen molar-refractivity contribution in [2.75, 3.05) is 0 Å². The summed E-state index contributed by atoms with van der Waals surface area (Å²) in [6, 6.07) is 4.62. The normalized spacial score (nSPS) is 10.3. The van der Waals surface area contributed by atoms with Crippen molar-refractivity contribution in [1.82, 2.24) is 20.2 Å². The van der Waals surface area contributed by atoms with Gasteiger partial charge in [0.05, 0.1) is 4.47 Å². The summed E-state index contributed by atoms with van der Waals surface area (Å²) in [6.07, 6.45) is 0. The highest BCUT2D eigenvalue weighted by Crippen LogP contribution is 2.23. The molecular weight excluding hydrogens is 267 g/mol. The summed E-state index contributed by atoms with van der Waals surface area (Å²) in [5, 5.41) is 10.6. The van der Waals surface area contributed by atoms with E-state index in [-0.39, 0.29) is 6.01 Å². The zero-order valence-electron chi connectivity index (χ0n) is 7.69. The van der Waals surface area contributed by atoms with Crippen molar-refractivity contribution >= 4 is 15.9 Å². The Morgan fingerprint density at radius 3 is 2.87 bits per heavy atom. The maximum atomic E-state index is 13.1. The van der Waals surface area contributed by atoms with Crippen molar-refractivity contribution in [2.24, 2.45) is 7.05 Å². The van der Waals surface area contributed by atoms with Crippen molar-refractivity contribution in [2.45, 2.75) is 0 Å². The Labute approximate surface area is 93.0 Å². The average Bonchev–Trinajstić information content (AvgIpc) is 2.59. The summed E-state index contributed by atoms with van der Waals surface area (Å²) in [7, 11) is 1.63. The predicted molar refractivity (Wildman–Crippen MR) is 53.0 cm³/mol. The van der Waals surface area contributed by atoms with Crippen molar-refractivity contribution in [3.8, 4) is 11.8 Å². The van der Waals surface area contributed by atoms with Gasteiger partial charge in [-0.25, -0.2) is 4.39 Å². The molecule has 15 heavy (non-hydrogen) atoms. The number of benzene rings is 1. The van der Waals surface area contributed by atoms with Gasteiger partial charge in [0.25, 0.3) is 0 Å². The fourth-order valence-electron chi connectivity index (χ4n) is 0.953. The zero-order valence-corrected chi connectivity index (χ0v) is 9.27. The van der Waals surface area contributed by atoms with Crippen LogP contribution in [0.3, 0.4) is 0 Å². The molecule has 1 aromatic carbocycles. The van der Waals surface area contributed by atoms with Gasteiger partial charge in [0.2, 0.25) is 0 Å². The first-order valence-corrected chi connectivity index (χ1v) is 4.81. The number of hydrogen-bond acceptors (Lipinski definition) is 4. The fraction of sp³-hybridized carbons (Fsp3) is 0.125. The van der Waals surface area contributed by atoms with E-state index >= 15 is 0 Å². The average molecular weight is 273 g/mol. The molecule has 0 atom stereocenters. The Hall–Kier alpha value is -1.50. The summed E-state index contributed by atoms with van der Waals surface area (Å²) in [5.74, 6) is -0.0590. The Morgan fingerprint density at radius 2 is 2.27 bits per heavy atom. The van der Waals surface area contributed by atoms with E-state index in [2.05, 4.69) is 31.5 Å². The lowest BCUT2D eigenvalue weighted by atomic mass is 10.3. The van der Waals surface area contributed by atoms with E-state index in [1.165, 1.54) is 10.7 Å². The summed E-state index contributed by atoms with van der Waals surface area (Å²) in [4.78, 5) is 0. The van der Waals surface area contributed by atoms with E-state index < -0.39 is 5.82 Å². The minimum absolute atomic E-state index is 0.205. The second-order valence-electron chi connectivity index (χ2n) is 2.76. The number of aryl methyl sites for hydroxylation is 1. The number of nitrogens with zero attached hydrogens (tertiary/aromatic N) is 4. The molecule has 0 bridgehead atoms. The number of halogens is 2. The minimum atomic E-state index is -0.400. The van der Waals surface area contributed by atoms with Gasteiger partial charge in [-0.2, -0.15) is 4.68 Å². The summed E-state index contributed by atoms with van der Waals surface area (Å²) in [6.45, 7) is 0. The van der Waals surface area contributed by atoms with Gasteiger partial charge in [-0.3, -0.25) is 0 Å². The van der Waals surface area contributed by atoms with Crippen LogP contribution in [-0.4, -0.2) is 20.2 Å². The lowest BCUT2D eigenvalue weighted by molar-refractivity contribution is 0.411. The number of aromatic nitrogens is 4. The van der Waals surface area contributed by atoms with E-state index in [0.29, 0.717) is 10.2 Å². The minimum Gasteiger partial charge on any atom is -0.423 e. The molecule has 1 aromatic heterocycles. The van der Waals surface area contributed by atoms with Gasteiger partial charge in [0, 0.05) is 13.1 Å². The molecule has 0 aliphatic heterocycles. The third kappa shape index (κ3) is 2.12. The van der Waals surface area contributed by atoms with E-state index in [1.807, 2.05) is 0 Å². The standard InChI is InChI=1S/C8H6BrFN4O/c1-14-8(11-12-13-14)15-5-2-3-6(9)7(10)4-5/h2-4H,1H3. The van der Waals surface area contributed by atoms with Crippen molar-refractivity contribution in [3.05, 3.63) is 28.5 Å². The Balaban J connectivity index is 2.25. The first-order valence-electron chi connectivity index (χ1n) is 4.02. The molecule has 0 spiro atoms. The zero-order chi connectivity index (χ0) is 10.8. The van der Waals surface area contributed by atoms with Gasteiger partial charge < -0.3 is 4.74 Å². The van der Waals surface area contributed by atoms with Crippen molar-refractivity contribution in [1.29, 1.82) is 0 Å². The molecule has 0 amide bonds. The van der Waals surface area contributed by atoms with E-state index in [0.717, 1.165) is 0 Å². The summed E-state index contributed by atoms with van der Waals surface area (Å²) < 4.78 is 20.1. The molecule has 2 aromatic rings. The largest absolute Gasteiger partial charge is 0.423 e. The molecule has 2 rings (SSSR count). The van der Waals surface area contributed by atoms with Gasteiger partial charge in [0.15, 0.2) is 0 Å². The molecule has 0 radical (unpaired) electrons. The molecule has 0 saturated heterocycles. The number of rotatable bonds is 2. The monoisotopic (exact) mass is 272 g/mol. The predicted octanol–water partition coefficient (Wildman–Crippen LogP) is 1.90. The Morgan fingerprint density at radius 1 is 1.47 bits per heavy atom. The molecule has 0 aliphatic rings. The molecule has 78 valence electrons. The van der Waals surface area contributed by atoms with E-state index in [1.54, 1.807) is 19.2 Å². The van der Waals surface area contributed by atoms with E-state index in [4.69, 9.17) is 4.74 Å². The third-order valence-electron chi connectivity index (χ3n) is 1.68. The molecular formula is C8H6BrFN4O. The van der Waals surface area contributed by atoms with Gasteiger partial charge in [-0.15, -0.1) is 0 Å². The molecule has 0 fully saturated rings. The van der Waals surface area contributed by atoms with Gasteiger partial charge in [0.1, 0.15) is 11.6 Å². The van der Waals surface area contributed by atoms with Crippen LogP contribution in [0.1, 0.15) is 0 Å². The lowest BCUT2D eigenvalue weighted by Gasteiger charge is -2.03. The fourth-order valence-corrected chi connectivity index (χ4v) is 1.20. The van der Waals surface area contributed by atoms with Crippen LogP contribution in [-0.2, 0) is 7.05 Å². The quantitative estimate of drug-likeness (QED) is 0.838. The van der Waals surface area contributed by atoms with Gasteiger partial charge >= 0.3 is 6.01 Å². The van der Waals surface area contributed by atoms with Crippen molar-refractivity contribution < 1.29 is 9.13 Å². The van der Waals surface area contributed by atoms with E-state index in [9.17, 15) is 4.39 Å². The first-order chi connectivity index (χ1) is 7.16. The SMILES string of the molecule is Cn1nnnc1Oc1ccc(Br)c(F)c1. The van der Waals surface area contributed by atoms with Crippen LogP contribution in [0.4, 0.5) is 4.39 Å². The Bertz CT molecular complexity index is 487. The number of ether oxygens (including phenoxy) is 1. The Kier molecular flexibility index (Phi) is 2.63. The molecule has 0 saturated carbocycles. The molecule has 1 heterocycles. The van der Waals surface area contributed by atoms with Crippen LogP contribution in [0, 0.1) is 5.82 Å². The maximum absolute atomic E-state index is 13.1. The number of hydrogen-bond donors (Lipinski definition) is 0. The van der Waals surface area contributed by atoms with Crippen LogP contribution in [0.5, 0.6) is 11.8 Å². The van der Waals surface area contributed by atoms with Crippen LogP contribution >= 0.6 is 15.9 Å². The second kappa shape index (κ2) is 3.93. The highest BCUT2D eigenvalue weighted by atomic mass is 79.9. The molecule has 5 nitrogen and oxygen atoms in total. The molecule has 0 unspecified atom stereocenters. The van der Waals surface area contributed by atoms with Crippen LogP contribution in [0.25, 0.3) is 0 Å². The first kappa shape index (κ1) is 10.0. The topological polar surface area (TPSA) is 52.8 Å². The third-order valence-corrected chi connectivity index (χ3v) is 2.32. The van der Waals surface area contributed by atoms with Gasteiger partial charge in [-0.05, 0) is 38.5 Å². The summed E-state index contributed by atoms with van der Waals surface area (Å²) in [5.41, 5.74) is 0.